The van der Waals surface area contributed by atoms with E-state index in [-0.39, 0.29) is 12.3 Å². The molecule has 0 aliphatic heterocycles. The molecule has 0 unspecified atom stereocenters. The van der Waals surface area contributed by atoms with Crippen LogP contribution in [-0.4, -0.2) is 23.7 Å². The van der Waals surface area contributed by atoms with Crippen LogP contribution in [0.25, 0.3) is 0 Å². The van der Waals surface area contributed by atoms with Crippen molar-refractivity contribution in [1.29, 1.82) is 0 Å². The van der Waals surface area contributed by atoms with Gasteiger partial charge in [0, 0.05) is 12.1 Å². The zero-order valence-electron chi connectivity index (χ0n) is 12.6. The van der Waals surface area contributed by atoms with Crippen LogP contribution in [0.5, 0.6) is 5.75 Å². The fourth-order valence-corrected chi connectivity index (χ4v) is 1.96. The summed E-state index contributed by atoms with van der Waals surface area (Å²) in [6.45, 7) is 3.11. The van der Waals surface area contributed by atoms with Crippen molar-refractivity contribution in [2.24, 2.45) is 5.10 Å². The lowest BCUT2D eigenvalue weighted by Crippen LogP contribution is -2.25. The van der Waals surface area contributed by atoms with E-state index in [9.17, 15) is 14.9 Å². The van der Waals surface area contributed by atoms with Crippen LogP contribution >= 0.6 is 0 Å². The summed E-state index contributed by atoms with van der Waals surface area (Å²) in [4.78, 5) is 22.0. The number of carbonyl (C=O) groups excluding carboxylic acids is 1. The van der Waals surface area contributed by atoms with E-state index in [2.05, 4.69) is 10.5 Å². The summed E-state index contributed by atoms with van der Waals surface area (Å²) in [5.74, 6) is 0.499. The minimum Gasteiger partial charge on any atom is -0.483 e. The Balaban J connectivity index is 1.92. The van der Waals surface area contributed by atoms with Gasteiger partial charge in [-0.1, -0.05) is 0 Å². The van der Waals surface area contributed by atoms with Gasteiger partial charge in [0.2, 0.25) is 0 Å². The molecule has 1 N–H and O–H groups in total. The van der Waals surface area contributed by atoms with Gasteiger partial charge in [-0.15, -0.1) is 0 Å². The predicted molar refractivity (Wildman–Crippen MR) is 82.5 cm³/mol. The fourth-order valence-electron chi connectivity index (χ4n) is 1.96. The van der Waals surface area contributed by atoms with Gasteiger partial charge in [-0.05, 0) is 37.1 Å². The zero-order valence-corrected chi connectivity index (χ0v) is 12.6. The Labute approximate surface area is 131 Å². The monoisotopic (exact) mass is 317 g/mol. The number of nitrogens with zero attached hydrogens (tertiary/aromatic N) is 2. The molecule has 0 spiro atoms. The number of furan rings is 1. The normalized spacial score (nSPS) is 10.7. The molecule has 1 aromatic heterocycles. The second-order valence-electron chi connectivity index (χ2n) is 4.76. The van der Waals surface area contributed by atoms with Crippen LogP contribution < -0.4 is 10.2 Å². The SMILES string of the molecule is Cc1cc([N+](=O)[O-])cc(C)c1OCC(=O)N/N=C/c1ccco1. The molecule has 0 atom stereocenters. The highest BCUT2D eigenvalue weighted by atomic mass is 16.6. The van der Waals surface area contributed by atoms with Crippen molar-refractivity contribution in [3.8, 4) is 5.75 Å². The van der Waals surface area contributed by atoms with Crippen molar-refractivity contribution < 1.29 is 18.9 Å². The molecule has 0 fully saturated rings. The van der Waals surface area contributed by atoms with Gasteiger partial charge in [0.05, 0.1) is 17.4 Å². The van der Waals surface area contributed by atoms with E-state index in [1.807, 2.05) is 0 Å². The second-order valence-corrected chi connectivity index (χ2v) is 4.76. The minimum atomic E-state index is -0.472. The van der Waals surface area contributed by atoms with Crippen LogP contribution in [-0.2, 0) is 4.79 Å². The molecule has 23 heavy (non-hydrogen) atoms. The number of hydrogen-bond acceptors (Lipinski definition) is 6. The average molecular weight is 317 g/mol. The van der Waals surface area contributed by atoms with E-state index in [0.717, 1.165) is 0 Å². The van der Waals surface area contributed by atoms with Crippen LogP contribution in [0.1, 0.15) is 16.9 Å². The lowest BCUT2D eigenvalue weighted by molar-refractivity contribution is -0.385. The quantitative estimate of drug-likeness (QED) is 0.500. The molecule has 0 radical (unpaired) electrons. The maximum absolute atomic E-state index is 11.7. The van der Waals surface area contributed by atoms with Crippen LogP contribution in [0, 0.1) is 24.0 Å². The lowest BCUT2D eigenvalue weighted by Gasteiger charge is -2.11. The van der Waals surface area contributed by atoms with Crippen molar-refractivity contribution in [2.75, 3.05) is 6.61 Å². The second kappa shape index (κ2) is 7.21. The number of nitro groups is 1. The van der Waals surface area contributed by atoms with E-state index in [1.165, 1.54) is 24.6 Å². The maximum Gasteiger partial charge on any atom is 0.277 e. The van der Waals surface area contributed by atoms with Gasteiger partial charge in [0.15, 0.2) is 6.61 Å². The summed E-state index contributed by atoms with van der Waals surface area (Å²) < 4.78 is 10.4. The number of hydrogen-bond donors (Lipinski definition) is 1. The van der Waals surface area contributed by atoms with Gasteiger partial charge in [-0.2, -0.15) is 5.10 Å². The predicted octanol–water partition coefficient (Wildman–Crippen LogP) is 2.33. The molecule has 0 saturated carbocycles. The molecule has 1 amide bonds. The Hall–Kier alpha value is -3.16. The van der Waals surface area contributed by atoms with Crippen molar-refractivity contribution in [2.45, 2.75) is 13.8 Å². The third-order valence-electron chi connectivity index (χ3n) is 2.93. The Bertz CT molecular complexity index is 715. The first-order valence-corrected chi connectivity index (χ1v) is 6.71. The van der Waals surface area contributed by atoms with E-state index < -0.39 is 10.8 Å². The highest BCUT2D eigenvalue weighted by Gasteiger charge is 2.14. The zero-order chi connectivity index (χ0) is 16.8. The molecular formula is C15H15N3O5. The van der Waals surface area contributed by atoms with Crippen LogP contribution in [0.2, 0.25) is 0 Å². The smallest absolute Gasteiger partial charge is 0.277 e. The average Bonchev–Trinajstić information content (AvgIpc) is 2.99. The molecule has 0 bridgehead atoms. The topological polar surface area (TPSA) is 107 Å². The molecular weight excluding hydrogens is 302 g/mol. The van der Waals surface area contributed by atoms with Crippen molar-refractivity contribution in [1.82, 2.24) is 5.43 Å². The summed E-state index contributed by atoms with van der Waals surface area (Å²) in [5, 5.41) is 14.5. The Morgan fingerprint density at radius 1 is 1.43 bits per heavy atom. The first kappa shape index (κ1) is 16.2. The van der Waals surface area contributed by atoms with E-state index >= 15 is 0 Å². The molecule has 2 rings (SSSR count). The molecule has 0 aliphatic rings. The van der Waals surface area contributed by atoms with E-state index in [0.29, 0.717) is 22.6 Å². The summed E-state index contributed by atoms with van der Waals surface area (Å²) in [6.07, 6.45) is 2.85. The molecule has 8 nitrogen and oxygen atoms in total. The number of nitrogens with one attached hydrogen (secondary N) is 1. The fraction of sp³-hybridized carbons (Fsp3) is 0.200. The van der Waals surface area contributed by atoms with Crippen molar-refractivity contribution in [3.63, 3.8) is 0 Å². The number of benzene rings is 1. The number of non-ortho nitro benzene ring substituents is 1. The van der Waals surface area contributed by atoms with Gasteiger partial charge in [0.25, 0.3) is 11.6 Å². The number of carbonyl (C=O) groups is 1. The molecule has 1 aromatic carbocycles. The van der Waals surface area contributed by atoms with Gasteiger partial charge in [-0.25, -0.2) is 5.43 Å². The van der Waals surface area contributed by atoms with Gasteiger partial charge >= 0.3 is 0 Å². The molecule has 8 heteroatoms. The van der Waals surface area contributed by atoms with E-state index in [1.54, 1.807) is 26.0 Å². The summed E-state index contributed by atoms with van der Waals surface area (Å²) in [7, 11) is 0. The Morgan fingerprint density at radius 3 is 2.70 bits per heavy atom. The summed E-state index contributed by atoms with van der Waals surface area (Å²) in [6, 6.07) is 6.19. The van der Waals surface area contributed by atoms with Crippen LogP contribution in [0.3, 0.4) is 0 Å². The molecule has 0 aliphatic carbocycles. The molecule has 0 saturated heterocycles. The number of hydrazone groups is 1. The highest BCUT2D eigenvalue weighted by Crippen LogP contribution is 2.28. The van der Waals surface area contributed by atoms with Gasteiger partial charge in [-0.3, -0.25) is 14.9 Å². The number of nitro benzene ring substituents is 1. The molecule has 120 valence electrons. The Morgan fingerprint density at radius 2 is 2.13 bits per heavy atom. The lowest BCUT2D eigenvalue weighted by atomic mass is 10.1. The van der Waals surface area contributed by atoms with Crippen LogP contribution in [0.15, 0.2) is 40.0 Å². The first-order valence-electron chi connectivity index (χ1n) is 6.71. The van der Waals surface area contributed by atoms with E-state index in [4.69, 9.17) is 9.15 Å². The number of ether oxygens (including phenoxy) is 1. The number of rotatable bonds is 6. The van der Waals surface area contributed by atoms with Crippen molar-refractivity contribution in [3.05, 3.63) is 57.5 Å². The molecule has 2 aromatic rings. The standard InChI is InChI=1S/C15H15N3O5/c1-10-6-12(18(20)21)7-11(2)15(10)23-9-14(19)17-16-8-13-4-3-5-22-13/h3-8H,9H2,1-2H3,(H,17,19)/b16-8+. The third kappa shape index (κ3) is 4.40. The summed E-state index contributed by atoms with van der Waals surface area (Å²) >= 11 is 0. The number of aryl methyl sites for hydroxylation is 2. The van der Waals surface area contributed by atoms with Crippen molar-refractivity contribution >= 4 is 17.8 Å². The maximum atomic E-state index is 11.7. The third-order valence-corrected chi connectivity index (χ3v) is 2.93. The minimum absolute atomic E-state index is 0.0140. The Kier molecular flexibility index (Phi) is 5.08. The molecule has 1 heterocycles. The highest BCUT2D eigenvalue weighted by molar-refractivity contribution is 5.81. The summed E-state index contributed by atoms with van der Waals surface area (Å²) in [5.41, 5.74) is 3.46. The van der Waals surface area contributed by atoms with Gasteiger partial charge < -0.3 is 9.15 Å². The first-order chi connectivity index (χ1) is 11.0. The van der Waals surface area contributed by atoms with Gasteiger partial charge in [0.1, 0.15) is 11.5 Å². The van der Waals surface area contributed by atoms with Crippen LogP contribution in [0.4, 0.5) is 5.69 Å². The number of amides is 1. The largest absolute Gasteiger partial charge is 0.483 e.